The molecule has 0 spiro atoms. The van der Waals surface area contributed by atoms with Crippen LogP contribution in [-0.2, 0) is 0 Å². The highest BCUT2D eigenvalue weighted by atomic mass is 79.9. The van der Waals surface area contributed by atoms with E-state index in [1.54, 1.807) is 13.2 Å². The second-order valence-electron chi connectivity index (χ2n) is 4.60. The SMILES string of the molecule is COc1cccc(C(C)NC(=O)c2ccc(Br)c(F)c2)c1. The number of amides is 1. The molecule has 0 bridgehead atoms. The van der Waals surface area contributed by atoms with Crippen molar-refractivity contribution in [2.45, 2.75) is 13.0 Å². The van der Waals surface area contributed by atoms with E-state index < -0.39 is 5.82 Å². The van der Waals surface area contributed by atoms with Crippen LogP contribution in [0.1, 0.15) is 28.9 Å². The number of carbonyl (C=O) groups is 1. The number of carbonyl (C=O) groups excluding carboxylic acids is 1. The molecule has 1 atom stereocenters. The summed E-state index contributed by atoms with van der Waals surface area (Å²) in [6.07, 6.45) is 0. The van der Waals surface area contributed by atoms with E-state index in [1.807, 2.05) is 31.2 Å². The standard InChI is InChI=1S/C16H15BrFNO2/c1-10(11-4-3-5-13(8-11)21-2)19-16(20)12-6-7-14(17)15(18)9-12/h3-10H,1-2H3,(H,19,20). The van der Waals surface area contributed by atoms with Crippen LogP contribution in [0.15, 0.2) is 46.9 Å². The monoisotopic (exact) mass is 351 g/mol. The van der Waals surface area contributed by atoms with Gasteiger partial charge in [0.25, 0.3) is 5.91 Å². The molecule has 0 aliphatic heterocycles. The Bertz CT molecular complexity index is 660. The minimum absolute atomic E-state index is 0.209. The predicted molar refractivity (Wildman–Crippen MR) is 83.0 cm³/mol. The molecule has 2 aromatic carbocycles. The van der Waals surface area contributed by atoms with Crippen LogP contribution < -0.4 is 10.1 Å². The normalized spacial score (nSPS) is 11.8. The molecule has 0 radical (unpaired) electrons. The number of ether oxygens (including phenoxy) is 1. The van der Waals surface area contributed by atoms with Crippen molar-refractivity contribution >= 4 is 21.8 Å². The Morgan fingerprint density at radius 1 is 1.29 bits per heavy atom. The summed E-state index contributed by atoms with van der Waals surface area (Å²) >= 11 is 3.06. The molecule has 21 heavy (non-hydrogen) atoms. The van der Waals surface area contributed by atoms with Gasteiger partial charge >= 0.3 is 0 Å². The molecule has 1 unspecified atom stereocenters. The van der Waals surface area contributed by atoms with E-state index >= 15 is 0 Å². The zero-order valence-corrected chi connectivity index (χ0v) is 13.3. The summed E-state index contributed by atoms with van der Waals surface area (Å²) in [5, 5.41) is 2.83. The second-order valence-corrected chi connectivity index (χ2v) is 5.45. The molecule has 0 aliphatic carbocycles. The molecule has 2 aromatic rings. The average molecular weight is 352 g/mol. The van der Waals surface area contributed by atoms with Crippen LogP contribution in [0, 0.1) is 5.82 Å². The third kappa shape index (κ3) is 3.82. The Morgan fingerprint density at radius 3 is 2.71 bits per heavy atom. The van der Waals surface area contributed by atoms with Crippen LogP contribution in [-0.4, -0.2) is 13.0 Å². The Balaban J connectivity index is 2.12. The molecule has 0 heterocycles. The smallest absolute Gasteiger partial charge is 0.251 e. The van der Waals surface area contributed by atoms with Gasteiger partial charge in [-0.25, -0.2) is 4.39 Å². The first kappa shape index (κ1) is 15.5. The van der Waals surface area contributed by atoms with Gasteiger partial charge in [-0.15, -0.1) is 0 Å². The summed E-state index contributed by atoms with van der Waals surface area (Å²) in [6.45, 7) is 1.86. The quantitative estimate of drug-likeness (QED) is 0.900. The first-order chi connectivity index (χ1) is 10.0. The van der Waals surface area contributed by atoms with Crippen molar-refractivity contribution in [1.82, 2.24) is 5.32 Å². The van der Waals surface area contributed by atoms with E-state index in [2.05, 4.69) is 21.2 Å². The average Bonchev–Trinajstić information content (AvgIpc) is 2.49. The molecule has 1 N–H and O–H groups in total. The van der Waals surface area contributed by atoms with E-state index in [1.165, 1.54) is 12.1 Å². The van der Waals surface area contributed by atoms with Gasteiger partial charge in [0.15, 0.2) is 0 Å². The van der Waals surface area contributed by atoms with E-state index in [0.717, 1.165) is 11.3 Å². The first-order valence-corrected chi connectivity index (χ1v) is 7.20. The second kappa shape index (κ2) is 6.72. The summed E-state index contributed by atoms with van der Waals surface area (Å²) < 4.78 is 18.9. The van der Waals surface area contributed by atoms with Crippen LogP contribution in [0.3, 0.4) is 0 Å². The lowest BCUT2D eigenvalue weighted by Crippen LogP contribution is -2.26. The Hall–Kier alpha value is -1.88. The van der Waals surface area contributed by atoms with E-state index in [4.69, 9.17) is 4.74 Å². The Kier molecular flexibility index (Phi) is 4.96. The molecule has 2 rings (SSSR count). The number of hydrogen-bond acceptors (Lipinski definition) is 2. The lowest BCUT2D eigenvalue weighted by Gasteiger charge is -2.15. The lowest BCUT2D eigenvalue weighted by molar-refractivity contribution is 0.0939. The fourth-order valence-electron chi connectivity index (χ4n) is 1.91. The van der Waals surface area contributed by atoms with Crippen molar-refractivity contribution in [1.29, 1.82) is 0 Å². The van der Waals surface area contributed by atoms with Crippen LogP contribution >= 0.6 is 15.9 Å². The Morgan fingerprint density at radius 2 is 2.05 bits per heavy atom. The van der Waals surface area contributed by atoms with Crippen molar-refractivity contribution < 1.29 is 13.9 Å². The Labute approximate surface area is 131 Å². The zero-order valence-electron chi connectivity index (χ0n) is 11.7. The van der Waals surface area contributed by atoms with Crippen molar-refractivity contribution in [3.05, 3.63) is 63.9 Å². The molecule has 0 fully saturated rings. The maximum Gasteiger partial charge on any atom is 0.251 e. The molecule has 1 amide bonds. The van der Waals surface area contributed by atoms with E-state index in [0.29, 0.717) is 4.47 Å². The van der Waals surface area contributed by atoms with Gasteiger partial charge in [0.2, 0.25) is 0 Å². The highest BCUT2D eigenvalue weighted by Gasteiger charge is 2.13. The minimum Gasteiger partial charge on any atom is -0.497 e. The fraction of sp³-hybridized carbons (Fsp3) is 0.188. The molecule has 3 nitrogen and oxygen atoms in total. The van der Waals surface area contributed by atoms with Gasteiger partial charge < -0.3 is 10.1 Å². The van der Waals surface area contributed by atoms with Crippen molar-refractivity contribution in [3.63, 3.8) is 0 Å². The molecule has 0 aromatic heterocycles. The molecule has 110 valence electrons. The molecule has 0 saturated carbocycles. The highest BCUT2D eigenvalue weighted by molar-refractivity contribution is 9.10. The van der Waals surface area contributed by atoms with Crippen LogP contribution in [0.25, 0.3) is 0 Å². The lowest BCUT2D eigenvalue weighted by atomic mass is 10.1. The molecule has 0 aliphatic rings. The number of halogens is 2. The van der Waals surface area contributed by atoms with Gasteiger partial charge in [0, 0.05) is 5.56 Å². The third-order valence-corrected chi connectivity index (χ3v) is 3.77. The van der Waals surface area contributed by atoms with Crippen LogP contribution in [0.2, 0.25) is 0 Å². The minimum atomic E-state index is -0.461. The number of rotatable bonds is 4. The first-order valence-electron chi connectivity index (χ1n) is 6.41. The van der Waals surface area contributed by atoms with Gasteiger partial charge in [0.05, 0.1) is 17.6 Å². The fourth-order valence-corrected chi connectivity index (χ4v) is 2.16. The van der Waals surface area contributed by atoms with E-state index in [9.17, 15) is 9.18 Å². The molecule has 0 saturated heterocycles. The van der Waals surface area contributed by atoms with Crippen LogP contribution in [0.4, 0.5) is 4.39 Å². The van der Waals surface area contributed by atoms with Crippen LogP contribution in [0.5, 0.6) is 5.75 Å². The summed E-state index contributed by atoms with van der Waals surface area (Å²) in [5.74, 6) is -0.0586. The van der Waals surface area contributed by atoms with Gasteiger partial charge in [0.1, 0.15) is 11.6 Å². The number of hydrogen-bond donors (Lipinski definition) is 1. The van der Waals surface area contributed by atoms with Gasteiger partial charge in [-0.2, -0.15) is 0 Å². The van der Waals surface area contributed by atoms with E-state index in [-0.39, 0.29) is 17.5 Å². The predicted octanol–water partition coefficient (Wildman–Crippen LogP) is 4.09. The highest BCUT2D eigenvalue weighted by Crippen LogP contribution is 2.20. The van der Waals surface area contributed by atoms with Crippen molar-refractivity contribution in [2.75, 3.05) is 7.11 Å². The maximum absolute atomic E-state index is 13.5. The molecular weight excluding hydrogens is 337 g/mol. The summed E-state index contributed by atoms with van der Waals surface area (Å²) in [5.41, 5.74) is 1.20. The summed E-state index contributed by atoms with van der Waals surface area (Å²) in [4.78, 5) is 12.1. The largest absolute Gasteiger partial charge is 0.497 e. The third-order valence-electron chi connectivity index (χ3n) is 3.12. The van der Waals surface area contributed by atoms with Gasteiger partial charge in [-0.3, -0.25) is 4.79 Å². The number of nitrogens with one attached hydrogen (secondary N) is 1. The molecular formula is C16H15BrFNO2. The summed E-state index contributed by atoms with van der Waals surface area (Å²) in [7, 11) is 1.59. The number of methoxy groups -OCH3 is 1. The maximum atomic E-state index is 13.5. The topological polar surface area (TPSA) is 38.3 Å². The molecule has 5 heteroatoms. The zero-order chi connectivity index (χ0) is 15.4. The van der Waals surface area contributed by atoms with Gasteiger partial charge in [-0.1, -0.05) is 12.1 Å². The number of benzene rings is 2. The summed E-state index contributed by atoms with van der Waals surface area (Å²) in [6, 6.07) is 11.5. The van der Waals surface area contributed by atoms with Crippen molar-refractivity contribution in [3.8, 4) is 5.75 Å². The van der Waals surface area contributed by atoms with Gasteiger partial charge in [-0.05, 0) is 58.7 Å². The van der Waals surface area contributed by atoms with Crippen molar-refractivity contribution in [2.24, 2.45) is 0 Å².